The molecule has 4 rings (SSSR count). The lowest BCUT2D eigenvalue weighted by Gasteiger charge is -2.07. The molecule has 0 aliphatic rings. The van der Waals surface area contributed by atoms with E-state index in [0.29, 0.717) is 27.0 Å². The summed E-state index contributed by atoms with van der Waals surface area (Å²) in [5, 5.41) is 3.52. The predicted molar refractivity (Wildman–Crippen MR) is 120 cm³/mol. The van der Waals surface area contributed by atoms with Gasteiger partial charge in [-0.1, -0.05) is 41.4 Å². The van der Waals surface area contributed by atoms with E-state index < -0.39 is 9.84 Å². The van der Waals surface area contributed by atoms with E-state index in [-0.39, 0.29) is 21.7 Å². The number of hydrogen-bond acceptors (Lipinski definition) is 6. The second-order valence-corrected chi connectivity index (χ2v) is 9.16. The van der Waals surface area contributed by atoms with Crippen LogP contribution in [0.1, 0.15) is 0 Å². The molecule has 9 heteroatoms. The van der Waals surface area contributed by atoms with Crippen LogP contribution >= 0.6 is 23.2 Å². The first-order valence-electron chi connectivity index (χ1n) is 9.06. The highest BCUT2D eigenvalue weighted by Crippen LogP contribution is 2.36. The third kappa shape index (κ3) is 4.39. The molecule has 0 spiro atoms. The first-order valence-corrected chi connectivity index (χ1v) is 11.3. The molecular formula is C22H16Cl2N2O4S. The Bertz CT molecular complexity index is 1340. The maximum Gasteiger partial charge on any atom is 0.238 e. The Kier molecular flexibility index (Phi) is 5.91. The second kappa shape index (κ2) is 8.63. The van der Waals surface area contributed by atoms with Gasteiger partial charge < -0.3 is 14.5 Å². The number of halogens is 2. The van der Waals surface area contributed by atoms with Gasteiger partial charge in [-0.25, -0.2) is 8.42 Å². The number of nitrogens with zero attached hydrogens (tertiary/aromatic N) is 1. The highest BCUT2D eigenvalue weighted by atomic mass is 35.5. The van der Waals surface area contributed by atoms with Crippen molar-refractivity contribution >= 4 is 44.6 Å². The van der Waals surface area contributed by atoms with Crippen LogP contribution in [0.5, 0.6) is 5.75 Å². The van der Waals surface area contributed by atoms with E-state index in [4.69, 9.17) is 32.4 Å². The summed E-state index contributed by atoms with van der Waals surface area (Å²) in [5.41, 5.74) is 1.03. The molecule has 0 unspecified atom stereocenters. The van der Waals surface area contributed by atoms with Crippen LogP contribution in [0.15, 0.2) is 87.1 Å². The number of nitrogens with one attached hydrogen (secondary N) is 1. The Hall–Kier alpha value is -3.00. The van der Waals surface area contributed by atoms with Gasteiger partial charge in [0.15, 0.2) is 0 Å². The fraction of sp³-hybridized carbons (Fsp3) is 0.0455. The maximum atomic E-state index is 13.3. The second-order valence-electron chi connectivity index (χ2n) is 6.45. The number of benzene rings is 3. The number of oxazole rings is 1. The summed E-state index contributed by atoms with van der Waals surface area (Å²) in [6.07, 6.45) is 0. The summed E-state index contributed by atoms with van der Waals surface area (Å²) in [6.45, 7) is 0. The van der Waals surface area contributed by atoms with Crippen molar-refractivity contribution in [3.63, 3.8) is 0 Å². The molecule has 4 aromatic rings. The van der Waals surface area contributed by atoms with Gasteiger partial charge in [0.2, 0.25) is 26.6 Å². The molecule has 0 aliphatic heterocycles. The van der Waals surface area contributed by atoms with Crippen LogP contribution in [0, 0.1) is 0 Å². The highest BCUT2D eigenvalue weighted by molar-refractivity contribution is 7.91. The van der Waals surface area contributed by atoms with Crippen molar-refractivity contribution in [1.82, 2.24) is 4.98 Å². The third-order valence-corrected chi connectivity index (χ3v) is 6.67. The molecule has 158 valence electrons. The zero-order valence-corrected chi connectivity index (χ0v) is 18.5. The van der Waals surface area contributed by atoms with Crippen LogP contribution in [0.2, 0.25) is 10.0 Å². The molecule has 0 atom stereocenters. The zero-order chi connectivity index (χ0) is 22.0. The van der Waals surface area contributed by atoms with E-state index in [1.165, 1.54) is 24.3 Å². The Morgan fingerprint density at radius 3 is 2.42 bits per heavy atom. The number of hydrogen-bond donors (Lipinski definition) is 1. The van der Waals surface area contributed by atoms with Gasteiger partial charge in [0.25, 0.3) is 0 Å². The maximum absolute atomic E-state index is 13.3. The molecule has 0 saturated carbocycles. The molecule has 1 aromatic heterocycles. The summed E-state index contributed by atoms with van der Waals surface area (Å²) in [6, 6.07) is 19.7. The largest absolute Gasteiger partial charge is 0.497 e. The van der Waals surface area contributed by atoms with Gasteiger partial charge in [-0.3, -0.25) is 0 Å². The molecule has 0 saturated heterocycles. The SMILES string of the molecule is COc1cccc(Nc2oc(-c3ccccc3Cl)nc2S(=O)(=O)c2ccc(Cl)cc2)c1. The number of rotatable bonds is 6. The molecule has 1 heterocycles. The first-order chi connectivity index (χ1) is 14.9. The minimum Gasteiger partial charge on any atom is -0.497 e. The lowest BCUT2D eigenvalue weighted by molar-refractivity contribution is 0.415. The van der Waals surface area contributed by atoms with Crippen LogP contribution in [0.4, 0.5) is 11.6 Å². The van der Waals surface area contributed by atoms with E-state index in [2.05, 4.69) is 10.3 Å². The van der Waals surface area contributed by atoms with Crippen molar-refractivity contribution in [3.8, 4) is 17.2 Å². The number of sulfone groups is 1. The van der Waals surface area contributed by atoms with Crippen molar-refractivity contribution in [1.29, 1.82) is 0 Å². The van der Waals surface area contributed by atoms with Gasteiger partial charge in [0.1, 0.15) is 5.75 Å². The molecule has 0 fully saturated rings. The van der Waals surface area contributed by atoms with Crippen LogP contribution in [-0.4, -0.2) is 20.5 Å². The molecular weight excluding hydrogens is 459 g/mol. The molecule has 0 amide bonds. The van der Waals surface area contributed by atoms with Crippen molar-refractivity contribution < 1.29 is 17.6 Å². The Morgan fingerprint density at radius 1 is 0.968 bits per heavy atom. The van der Waals surface area contributed by atoms with Gasteiger partial charge >= 0.3 is 0 Å². The molecule has 0 aliphatic carbocycles. The standard InChI is InChI=1S/C22H16Cl2N2O4S/c1-29-16-6-4-5-15(13-16)25-21-22(31(27,28)17-11-9-14(23)10-12-17)26-20(30-21)18-7-2-3-8-19(18)24/h2-13,25H,1H3. The summed E-state index contributed by atoms with van der Waals surface area (Å²) in [7, 11) is -2.48. The minimum absolute atomic E-state index is 0.0320. The van der Waals surface area contributed by atoms with Gasteiger partial charge in [0, 0.05) is 16.8 Å². The van der Waals surface area contributed by atoms with Crippen LogP contribution in [-0.2, 0) is 9.84 Å². The molecule has 6 nitrogen and oxygen atoms in total. The highest BCUT2D eigenvalue weighted by Gasteiger charge is 2.29. The van der Waals surface area contributed by atoms with E-state index in [9.17, 15) is 8.42 Å². The van der Waals surface area contributed by atoms with Crippen molar-refractivity contribution in [3.05, 3.63) is 82.8 Å². The van der Waals surface area contributed by atoms with Gasteiger partial charge in [0.05, 0.1) is 22.6 Å². The Morgan fingerprint density at radius 2 is 1.71 bits per heavy atom. The smallest absolute Gasteiger partial charge is 0.238 e. The van der Waals surface area contributed by atoms with Crippen LogP contribution in [0.25, 0.3) is 11.5 Å². The van der Waals surface area contributed by atoms with E-state index >= 15 is 0 Å². The Balaban J connectivity index is 1.86. The summed E-state index contributed by atoms with van der Waals surface area (Å²) in [5.74, 6) is 0.625. The van der Waals surface area contributed by atoms with E-state index in [1.54, 1.807) is 55.6 Å². The van der Waals surface area contributed by atoms with Gasteiger partial charge in [-0.05, 0) is 48.5 Å². The lowest BCUT2D eigenvalue weighted by atomic mass is 10.2. The monoisotopic (exact) mass is 474 g/mol. The molecule has 1 N–H and O–H groups in total. The Labute approximate surface area is 189 Å². The fourth-order valence-electron chi connectivity index (χ4n) is 2.87. The summed E-state index contributed by atoms with van der Waals surface area (Å²) >= 11 is 12.2. The fourth-order valence-corrected chi connectivity index (χ4v) is 4.47. The molecule has 3 aromatic carbocycles. The normalized spacial score (nSPS) is 11.3. The number of aromatic nitrogens is 1. The van der Waals surface area contributed by atoms with Crippen molar-refractivity contribution in [2.45, 2.75) is 9.92 Å². The number of ether oxygens (including phenoxy) is 1. The molecule has 0 bridgehead atoms. The number of methoxy groups -OCH3 is 1. The minimum atomic E-state index is -4.02. The van der Waals surface area contributed by atoms with Gasteiger partial charge in [-0.15, -0.1) is 0 Å². The molecule has 0 radical (unpaired) electrons. The average molecular weight is 475 g/mol. The van der Waals surface area contributed by atoms with Crippen LogP contribution < -0.4 is 10.1 Å². The van der Waals surface area contributed by atoms with Crippen LogP contribution in [0.3, 0.4) is 0 Å². The quantitative estimate of drug-likeness (QED) is 0.356. The number of anilines is 2. The van der Waals surface area contributed by atoms with Crippen molar-refractivity contribution in [2.24, 2.45) is 0 Å². The average Bonchev–Trinajstić information content (AvgIpc) is 3.19. The predicted octanol–water partition coefficient (Wildman–Crippen LogP) is 6.23. The zero-order valence-electron chi connectivity index (χ0n) is 16.2. The lowest BCUT2D eigenvalue weighted by Crippen LogP contribution is -2.05. The van der Waals surface area contributed by atoms with E-state index in [0.717, 1.165) is 0 Å². The third-order valence-electron chi connectivity index (χ3n) is 4.41. The van der Waals surface area contributed by atoms with E-state index in [1.807, 2.05) is 0 Å². The van der Waals surface area contributed by atoms with Crippen molar-refractivity contribution in [2.75, 3.05) is 12.4 Å². The summed E-state index contributed by atoms with van der Waals surface area (Å²) < 4.78 is 37.8. The first kappa shape index (κ1) is 21.2. The topological polar surface area (TPSA) is 81.4 Å². The summed E-state index contributed by atoms with van der Waals surface area (Å²) in [4.78, 5) is 4.32. The molecule has 31 heavy (non-hydrogen) atoms. The van der Waals surface area contributed by atoms with Gasteiger partial charge in [-0.2, -0.15) is 4.98 Å².